The van der Waals surface area contributed by atoms with Crippen molar-refractivity contribution in [3.05, 3.63) is 59.7 Å². The molecule has 0 aromatic heterocycles. The third-order valence-electron chi connectivity index (χ3n) is 3.90. The van der Waals surface area contributed by atoms with Crippen LogP contribution in [0.25, 0.3) is 0 Å². The first kappa shape index (κ1) is 15.9. The number of hydrogen-bond acceptors (Lipinski definition) is 4. The van der Waals surface area contributed by atoms with E-state index >= 15 is 0 Å². The lowest BCUT2D eigenvalue weighted by Crippen LogP contribution is -2.34. The third kappa shape index (κ3) is 3.32. The monoisotopic (exact) mass is 325 g/mol. The summed E-state index contributed by atoms with van der Waals surface area (Å²) in [5.41, 5.74) is 8.14. The van der Waals surface area contributed by atoms with E-state index in [-0.39, 0.29) is 19.1 Å². The maximum atomic E-state index is 12.5. The molecule has 1 atom stereocenters. The highest BCUT2D eigenvalue weighted by atomic mass is 16.5. The van der Waals surface area contributed by atoms with Gasteiger partial charge < -0.3 is 15.8 Å². The highest BCUT2D eigenvalue weighted by molar-refractivity contribution is 6.04. The number of urea groups is 1. The lowest BCUT2D eigenvalue weighted by atomic mass is 10.1. The molecule has 3 N–H and O–H groups in total. The average Bonchev–Trinajstić information content (AvgIpc) is 2.85. The van der Waals surface area contributed by atoms with Gasteiger partial charge in [-0.05, 0) is 36.8 Å². The molecule has 0 radical (unpaired) electrons. The normalized spacial score (nSPS) is 17.0. The molecule has 1 unspecified atom stereocenters. The number of rotatable bonds is 5. The van der Waals surface area contributed by atoms with Crippen molar-refractivity contribution in [3.63, 3.8) is 0 Å². The fraction of sp³-hybridized carbons (Fsp3) is 0.222. The largest absolute Gasteiger partial charge is 0.492 e. The number of nitrogen functional groups attached to an aromatic ring is 1. The number of benzene rings is 2. The summed E-state index contributed by atoms with van der Waals surface area (Å²) in [4.78, 5) is 25.7. The first-order chi connectivity index (χ1) is 11.5. The Bertz CT molecular complexity index is 741. The molecule has 0 bridgehead atoms. The average molecular weight is 325 g/mol. The van der Waals surface area contributed by atoms with Crippen molar-refractivity contribution < 1.29 is 14.3 Å². The van der Waals surface area contributed by atoms with Crippen LogP contribution in [0.1, 0.15) is 17.2 Å². The second kappa shape index (κ2) is 6.62. The second-order valence-electron chi connectivity index (χ2n) is 5.70. The molecule has 0 aliphatic carbocycles. The van der Waals surface area contributed by atoms with Gasteiger partial charge in [-0.1, -0.05) is 29.8 Å². The molecule has 3 amide bonds. The standard InChI is InChI=1S/C18H19N3O3/c1-12-2-4-13(5-3-12)16-17(22)21(18(23)20-16)10-11-24-15-8-6-14(19)7-9-15/h2-9,16H,10-11,19H2,1H3,(H,20,23). The number of nitrogens with zero attached hydrogens (tertiary/aromatic N) is 1. The summed E-state index contributed by atoms with van der Waals surface area (Å²) in [5, 5.41) is 2.71. The van der Waals surface area contributed by atoms with Gasteiger partial charge in [-0.2, -0.15) is 0 Å². The van der Waals surface area contributed by atoms with Gasteiger partial charge >= 0.3 is 6.03 Å². The Labute approximate surface area is 140 Å². The molecule has 1 fully saturated rings. The molecule has 6 nitrogen and oxygen atoms in total. The van der Waals surface area contributed by atoms with Crippen LogP contribution in [-0.2, 0) is 4.79 Å². The number of nitrogens with two attached hydrogens (primary N) is 1. The number of aryl methyl sites for hydroxylation is 1. The second-order valence-corrected chi connectivity index (χ2v) is 5.70. The molecule has 3 rings (SSSR count). The van der Waals surface area contributed by atoms with Crippen molar-refractivity contribution in [3.8, 4) is 5.75 Å². The van der Waals surface area contributed by atoms with Crippen LogP contribution in [0.15, 0.2) is 48.5 Å². The van der Waals surface area contributed by atoms with Crippen molar-refractivity contribution in [1.29, 1.82) is 0 Å². The molecule has 2 aromatic rings. The summed E-state index contributed by atoms with van der Waals surface area (Å²) in [7, 11) is 0. The van der Waals surface area contributed by atoms with Gasteiger partial charge in [0.15, 0.2) is 0 Å². The highest BCUT2D eigenvalue weighted by Gasteiger charge is 2.38. The zero-order chi connectivity index (χ0) is 17.1. The Balaban J connectivity index is 1.60. The maximum absolute atomic E-state index is 12.5. The van der Waals surface area contributed by atoms with Gasteiger partial charge in [0.05, 0.1) is 6.54 Å². The molecular formula is C18H19N3O3. The summed E-state index contributed by atoms with van der Waals surface area (Å²) in [6.45, 7) is 2.39. The SMILES string of the molecule is Cc1ccc(C2NC(=O)N(CCOc3ccc(N)cc3)C2=O)cc1. The van der Waals surface area contributed by atoms with E-state index in [1.165, 1.54) is 4.90 Å². The van der Waals surface area contributed by atoms with Crippen LogP contribution in [0.4, 0.5) is 10.5 Å². The van der Waals surface area contributed by atoms with Crippen molar-refractivity contribution in [2.75, 3.05) is 18.9 Å². The molecule has 1 heterocycles. The lowest BCUT2D eigenvalue weighted by molar-refractivity contribution is -0.127. The Kier molecular flexibility index (Phi) is 4.37. The quantitative estimate of drug-likeness (QED) is 0.652. The number of imide groups is 1. The maximum Gasteiger partial charge on any atom is 0.325 e. The summed E-state index contributed by atoms with van der Waals surface area (Å²) in [6.07, 6.45) is 0. The number of carbonyl (C=O) groups excluding carboxylic acids is 2. The summed E-state index contributed by atoms with van der Waals surface area (Å²) < 4.78 is 5.55. The smallest absolute Gasteiger partial charge is 0.325 e. The van der Waals surface area contributed by atoms with Crippen molar-refractivity contribution in [2.45, 2.75) is 13.0 Å². The number of nitrogens with one attached hydrogen (secondary N) is 1. The first-order valence-corrected chi connectivity index (χ1v) is 7.71. The fourth-order valence-electron chi connectivity index (χ4n) is 2.53. The Morgan fingerprint density at radius 3 is 2.42 bits per heavy atom. The molecule has 1 aliphatic rings. The summed E-state index contributed by atoms with van der Waals surface area (Å²) in [6, 6.07) is 13.5. The number of amides is 3. The van der Waals surface area contributed by atoms with E-state index in [1.807, 2.05) is 31.2 Å². The van der Waals surface area contributed by atoms with Crippen LogP contribution < -0.4 is 15.8 Å². The minimum atomic E-state index is -0.630. The molecule has 0 saturated carbocycles. The third-order valence-corrected chi connectivity index (χ3v) is 3.90. The lowest BCUT2D eigenvalue weighted by Gasteiger charge is -2.14. The van der Waals surface area contributed by atoms with E-state index in [0.29, 0.717) is 11.4 Å². The topological polar surface area (TPSA) is 84.7 Å². The van der Waals surface area contributed by atoms with Gasteiger partial charge in [0.2, 0.25) is 0 Å². The zero-order valence-electron chi connectivity index (χ0n) is 13.4. The van der Waals surface area contributed by atoms with Crippen molar-refractivity contribution in [1.82, 2.24) is 10.2 Å². The highest BCUT2D eigenvalue weighted by Crippen LogP contribution is 2.22. The molecule has 1 saturated heterocycles. The Hall–Kier alpha value is -3.02. The predicted molar refractivity (Wildman–Crippen MR) is 90.5 cm³/mol. The first-order valence-electron chi connectivity index (χ1n) is 7.71. The minimum absolute atomic E-state index is 0.192. The Morgan fingerprint density at radius 2 is 1.75 bits per heavy atom. The molecule has 1 aliphatic heterocycles. The molecule has 124 valence electrons. The summed E-state index contributed by atoms with van der Waals surface area (Å²) >= 11 is 0. The molecular weight excluding hydrogens is 306 g/mol. The van der Waals surface area contributed by atoms with Crippen molar-refractivity contribution in [2.24, 2.45) is 0 Å². The summed E-state index contributed by atoms with van der Waals surface area (Å²) in [5.74, 6) is 0.385. The van der Waals surface area contributed by atoms with E-state index in [2.05, 4.69) is 5.32 Å². The minimum Gasteiger partial charge on any atom is -0.492 e. The van der Waals surface area contributed by atoms with Gasteiger partial charge in [-0.15, -0.1) is 0 Å². The van der Waals surface area contributed by atoms with Crippen LogP contribution in [0.2, 0.25) is 0 Å². The van der Waals surface area contributed by atoms with E-state index in [0.717, 1.165) is 11.1 Å². The number of anilines is 1. The molecule has 0 spiro atoms. The van der Waals surface area contributed by atoms with Crippen LogP contribution >= 0.6 is 0 Å². The number of carbonyl (C=O) groups is 2. The van der Waals surface area contributed by atoms with Crippen LogP contribution in [0, 0.1) is 6.92 Å². The Morgan fingerprint density at radius 1 is 1.08 bits per heavy atom. The van der Waals surface area contributed by atoms with Gasteiger partial charge in [0, 0.05) is 5.69 Å². The fourth-order valence-corrected chi connectivity index (χ4v) is 2.53. The number of hydrogen-bond donors (Lipinski definition) is 2. The van der Waals surface area contributed by atoms with E-state index in [4.69, 9.17) is 10.5 Å². The van der Waals surface area contributed by atoms with Crippen LogP contribution in [-0.4, -0.2) is 30.0 Å². The predicted octanol–water partition coefficient (Wildman–Crippen LogP) is 2.25. The molecule has 6 heteroatoms. The van der Waals surface area contributed by atoms with Gasteiger partial charge in [0.25, 0.3) is 5.91 Å². The molecule has 24 heavy (non-hydrogen) atoms. The van der Waals surface area contributed by atoms with E-state index in [9.17, 15) is 9.59 Å². The van der Waals surface area contributed by atoms with Crippen LogP contribution in [0.3, 0.4) is 0 Å². The van der Waals surface area contributed by atoms with Crippen molar-refractivity contribution >= 4 is 17.6 Å². The van der Waals surface area contributed by atoms with Crippen LogP contribution in [0.5, 0.6) is 5.75 Å². The van der Waals surface area contributed by atoms with E-state index in [1.54, 1.807) is 24.3 Å². The van der Waals surface area contributed by atoms with E-state index < -0.39 is 12.1 Å². The van der Waals surface area contributed by atoms with Gasteiger partial charge in [0.1, 0.15) is 18.4 Å². The molecule has 2 aromatic carbocycles. The van der Waals surface area contributed by atoms with Gasteiger partial charge in [-0.3, -0.25) is 9.69 Å². The zero-order valence-corrected chi connectivity index (χ0v) is 13.4. The van der Waals surface area contributed by atoms with Gasteiger partial charge in [-0.25, -0.2) is 4.79 Å². The number of ether oxygens (including phenoxy) is 1.